The number of hydrogen-bond donors (Lipinski definition) is 0. The first kappa shape index (κ1) is 69.7. The van der Waals surface area contributed by atoms with E-state index >= 15 is 0 Å². The Kier molecular flexibility index (Phi) is 29.5. The molecule has 0 aromatic heterocycles. The van der Waals surface area contributed by atoms with Gasteiger partial charge in [-0.05, 0) is 73.7 Å². The van der Waals surface area contributed by atoms with E-state index in [2.05, 4.69) is 4.58 Å². The molecule has 0 radical (unpaired) electrons. The molecular formula is C58H84N3O21S2-. The van der Waals surface area contributed by atoms with Crippen LogP contribution in [-0.4, -0.2) is 207 Å². The molecule has 0 spiro atoms. The van der Waals surface area contributed by atoms with Gasteiger partial charge in [0.25, 0.3) is 11.8 Å². The average molecular weight is 1220 g/mol. The van der Waals surface area contributed by atoms with Crippen molar-refractivity contribution in [2.75, 3.05) is 163 Å². The van der Waals surface area contributed by atoms with Gasteiger partial charge in [0, 0.05) is 79.6 Å². The van der Waals surface area contributed by atoms with Crippen molar-refractivity contribution in [3.05, 3.63) is 82.6 Å². The van der Waals surface area contributed by atoms with Gasteiger partial charge in [0.05, 0.1) is 127 Å². The molecule has 3 heterocycles. The molecule has 0 saturated carbocycles. The quantitative estimate of drug-likeness (QED) is 0.0333. The molecule has 4 aliphatic rings. The standard InChI is InChI=1S/C58H85N3O21S2/c1-57(2,3)53-42-45(10-7-11-52-58(4,19-8-12-56(64)82-61-54(62)17-18-55(61)63)49-44-47(84(68,69)70)14-16-50(49)60(52)20-9-41-83(65,66)67)48-15-13-46(43-51(48)81-53)59(21-23-73-29-31-77-37-39-79-35-33-75-27-25-71-5)22-24-74-30-32-78-38-40-80-36-34-76-28-26-72-6/h7,10-11,13-16,42-44H,8-9,12,17-41H2,1-6H3,(H-,65,66,67,68,69,70)/p-1. The summed E-state index contributed by atoms with van der Waals surface area (Å²) in [5.41, 5.74) is 1.38. The molecule has 1 atom stereocenters. The molecule has 5 rings (SSSR count). The second-order valence-corrected chi connectivity index (χ2v) is 23.8. The number of allylic oxidation sites excluding steroid dienone is 3. The minimum Gasteiger partial charge on any atom is -0.748 e. The highest BCUT2D eigenvalue weighted by Gasteiger charge is 2.44. The third-order valence-electron chi connectivity index (χ3n) is 13.6. The first-order chi connectivity index (χ1) is 40.2. The summed E-state index contributed by atoms with van der Waals surface area (Å²) in [6.07, 6.45) is 5.23. The van der Waals surface area contributed by atoms with E-state index in [1.54, 1.807) is 38.2 Å². The number of hydroxylamine groups is 2. The van der Waals surface area contributed by atoms with Crippen molar-refractivity contribution in [1.82, 2.24) is 9.64 Å². The van der Waals surface area contributed by atoms with Crippen LogP contribution in [0.3, 0.4) is 0 Å². The van der Waals surface area contributed by atoms with E-state index in [9.17, 15) is 40.3 Å². The Morgan fingerprint density at radius 1 is 0.690 bits per heavy atom. The molecule has 0 N–H and O–H groups in total. The van der Waals surface area contributed by atoms with Crippen LogP contribution in [-0.2, 0) is 97.7 Å². The minimum absolute atomic E-state index is 0.0116. The second-order valence-electron chi connectivity index (χ2n) is 20.9. The van der Waals surface area contributed by atoms with Crippen LogP contribution in [0, 0.1) is 0 Å². The van der Waals surface area contributed by atoms with Gasteiger partial charge in [-0.3, -0.25) is 9.59 Å². The number of fused-ring (bicyclic) bond motifs is 2. The van der Waals surface area contributed by atoms with Crippen molar-refractivity contribution in [2.45, 2.75) is 81.9 Å². The van der Waals surface area contributed by atoms with E-state index < -0.39 is 59.5 Å². The van der Waals surface area contributed by atoms with Crippen LogP contribution in [0.4, 0.5) is 5.69 Å². The van der Waals surface area contributed by atoms with Gasteiger partial charge in [0.1, 0.15) is 34.9 Å². The summed E-state index contributed by atoms with van der Waals surface area (Å²) >= 11 is 0. The van der Waals surface area contributed by atoms with E-state index in [-0.39, 0.29) is 45.1 Å². The number of anilines is 1. The number of benzene rings is 2. The van der Waals surface area contributed by atoms with Gasteiger partial charge < -0.3 is 70.6 Å². The van der Waals surface area contributed by atoms with Crippen LogP contribution in [0.15, 0.2) is 69.6 Å². The summed E-state index contributed by atoms with van der Waals surface area (Å²) in [7, 11) is -6.33. The van der Waals surface area contributed by atoms with Gasteiger partial charge in [-0.15, -0.1) is 5.06 Å². The van der Waals surface area contributed by atoms with E-state index in [1.165, 1.54) is 18.2 Å². The summed E-state index contributed by atoms with van der Waals surface area (Å²) in [4.78, 5) is 43.8. The minimum atomic E-state index is -4.95. The molecule has 24 nitrogen and oxygen atoms in total. The van der Waals surface area contributed by atoms with Crippen molar-refractivity contribution in [3.63, 3.8) is 0 Å². The lowest BCUT2D eigenvalue weighted by Crippen LogP contribution is -2.36. The molecule has 1 aliphatic carbocycles. The Hall–Kier alpha value is -5.04. The Morgan fingerprint density at radius 3 is 1.69 bits per heavy atom. The topological polar surface area (TPSA) is 290 Å². The molecule has 1 saturated heterocycles. The molecule has 84 heavy (non-hydrogen) atoms. The second kappa shape index (κ2) is 35.6. The van der Waals surface area contributed by atoms with Crippen molar-refractivity contribution in [3.8, 4) is 11.3 Å². The van der Waals surface area contributed by atoms with Crippen LogP contribution in [0.1, 0.15) is 83.1 Å². The SMILES string of the molecule is COCCOCCOCCOCCOCC[N+](CCOCCOCCOCCOCCOC)=c1ccc2c(/C=C/C=C3\N(CCCS(=O)(=O)[O-])c4ccc(S(=O)(=O)[O-])cc4C3(C)CCCC(=O)ON3C(=O)CCC3=O)cc(C(C)(C)C)oc-2c1. The van der Waals surface area contributed by atoms with Crippen LogP contribution in [0.5, 0.6) is 0 Å². The lowest BCUT2D eigenvalue weighted by molar-refractivity contribution is -0.197. The number of ether oxygens (including phenoxy) is 10. The monoisotopic (exact) mass is 1220 g/mol. The Labute approximate surface area is 493 Å². The number of carbonyl (C=O) groups is 3. The molecule has 2 amide bonds. The zero-order chi connectivity index (χ0) is 61.0. The van der Waals surface area contributed by atoms with E-state index in [1.807, 2.05) is 51.1 Å². The van der Waals surface area contributed by atoms with Crippen molar-refractivity contribution >= 4 is 49.8 Å². The largest absolute Gasteiger partial charge is 0.748 e. The normalized spacial score (nSPS) is 16.3. The van der Waals surface area contributed by atoms with Gasteiger partial charge in [-0.2, -0.15) is 0 Å². The molecule has 1 aromatic rings. The van der Waals surface area contributed by atoms with Crippen LogP contribution in [0.2, 0.25) is 0 Å². The van der Waals surface area contributed by atoms with Gasteiger partial charge >= 0.3 is 5.97 Å². The lowest BCUT2D eigenvalue weighted by Gasteiger charge is -2.30. The zero-order valence-electron chi connectivity index (χ0n) is 49.3. The summed E-state index contributed by atoms with van der Waals surface area (Å²) < 4.78 is 137. The number of amides is 2. The molecule has 3 aliphatic heterocycles. The Balaban J connectivity index is 1.41. The molecule has 1 aromatic carbocycles. The molecule has 26 heteroatoms. The summed E-state index contributed by atoms with van der Waals surface area (Å²) in [5, 5.41) is 1.31. The van der Waals surface area contributed by atoms with Crippen molar-refractivity contribution < 1.29 is 96.9 Å². The predicted octanol–water partition coefficient (Wildman–Crippen LogP) is 4.17. The number of hydrogen-bond acceptors (Lipinski definition) is 22. The molecule has 1 unspecified atom stereocenters. The maximum atomic E-state index is 13.0. The van der Waals surface area contributed by atoms with Crippen molar-refractivity contribution in [2.24, 2.45) is 0 Å². The predicted molar refractivity (Wildman–Crippen MR) is 306 cm³/mol. The highest BCUT2D eigenvalue weighted by Crippen LogP contribution is 2.51. The number of nitrogens with zero attached hydrogens (tertiary/aromatic N) is 3. The fraction of sp³-hybridized carbons (Fsp3) is 0.621. The smallest absolute Gasteiger partial charge is 0.333 e. The first-order valence-electron chi connectivity index (χ1n) is 28.2. The molecule has 470 valence electrons. The summed E-state index contributed by atoms with van der Waals surface area (Å²) in [6, 6.07) is 11.8. The van der Waals surface area contributed by atoms with E-state index in [0.717, 1.165) is 16.5 Å². The zero-order valence-corrected chi connectivity index (χ0v) is 50.9. The maximum Gasteiger partial charge on any atom is 0.333 e. The molecule has 0 bridgehead atoms. The maximum absolute atomic E-state index is 13.0. The van der Waals surface area contributed by atoms with Crippen LogP contribution < -0.4 is 14.8 Å². The third kappa shape index (κ3) is 23.3. The van der Waals surface area contributed by atoms with Crippen molar-refractivity contribution in [1.29, 1.82) is 0 Å². The summed E-state index contributed by atoms with van der Waals surface area (Å²) in [6.45, 7) is 16.8. The fourth-order valence-electron chi connectivity index (χ4n) is 9.16. The number of imide groups is 1. The Morgan fingerprint density at radius 2 is 1.20 bits per heavy atom. The van der Waals surface area contributed by atoms with Crippen LogP contribution >= 0.6 is 0 Å². The number of carbonyl (C=O) groups excluding carboxylic acids is 3. The fourth-order valence-corrected chi connectivity index (χ4v) is 10.1. The Bertz CT molecular complexity index is 2840. The van der Waals surface area contributed by atoms with Gasteiger partial charge in [0.2, 0.25) is 5.36 Å². The molecule has 1 fully saturated rings. The third-order valence-corrected chi connectivity index (χ3v) is 15.2. The molecular weight excluding hydrogens is 1140 g/mol. The average Bonchev–Trinajstić information content (AvgIpc) is 1.73. The van der Waals surface area contributed by atoms with E-state index in [4.69, 9.17) is 56.6 Å². The number of methoxy groups -OCH3 is 2. The summed E-state index contributed by atoms with van der Waals surface area (Å²) in [5.74, 6) is -1.53. The van der Waals surface area contributed by atoms with Gasteiger partial charge in [-0.25, -0.2) is 26.2 Å². The van der Waals surface area contributed by atoms with Crippen LogP contribution in [0.25, 0.3) is 17.4 Å². The van der Waals surface area contributed by atoms with Gasteiger partial charge in [-0.1, -0.05) is 32.9 Å². The number of rotatable bonds is 42. The van der Waals surface area contributed by atoms with E-state index in [0.29, 0.717) is 166 Å². The highest BCUT2D eigenvalue weighted by atomic mass is 32.2. The first-order valence-corrected chi connectivity index (χ1v) is 31.2. The highest BCUT2D eigenvalue weighted by molar-refractivity contribution is 7.86. The lowest BCUT2D eigenvalue weighted by atomic mass is 9.77. The van der Waals surface area contributed by atoms with Gasteiger partial charge in [0.15, 0.2) is 13.1 Å².